The van der Waals surface area contributed by atoms with Gasteiger partial charge in [-0.05, 0) is 55.5 Å². The maximum absolute atomic E-state index is 13.2. The van der Waals surface area contributed by atoms with Gasteiger partial charge in [-0.15, -0.1) is 10.2 Å². The topological polar surface area (TPSA) is 137 Å². The van der Waals surface area contributed by atoms with Crippen LogP contribution in [0.5, 0.6) is 5.75 Å². The quantitative estimate of drug-likeness (QED) is 0.178. The maximum Gasteiger partial charge on any atom is 0.269 e. The van der Waals surface area contributed by atoms with Gasteiger partial charge in [-0.3, -0.25) is 24.3 Å². The Balaban J connectivity index is 1.25. The summed E-state index contributed by atoms with van der Waals surface area (Å²) in [7, 11) is 1.60. The lowest BCUT2D eigenvalue weighted by Gasteiger charge is -2.40. The van der Waals surface area contributed by atoms with Gasteiger partial charge in [0.15, 0.2) is 10.9 Å². The van der Waals surface area contributed by atoms with E-state index in [0.29, 0.717) is 47.7 Å². The molecule has 0 N–H and O–H groups in total. The first-order valence-electron chi connectivity index (χ1n) is 12.5. The van der Waals surface area contributed by atoms with Crippen LogP contribution in [0.1, 0.15) is 17.3 Å². The molecule has 1 aliphatic rings. The Morgan fingerprint density at radius 2 is 1.85 bits per heavy atom. The summed E-state index contributed by atoms with van der Waals surface area (Å²) < 4.78 is 12.7. The highest BCUT2D eigenvalue weighted by molar-refractivity contribution is 7.99. The second-order valence-electron chi connectivity index (χ2n) is 9.10. The number of thioether (sulfide) groups is 1. The minimum atomic E-state index is -0.503. The van der Waals surface area contributed by atoms with Crippen LogP contribution < -0.4 is 4.74 Å². The van der Waals surface area contributed by atoms with E-state index in [4.69, 9.17) is 9.15 Å². The van der Waals surface area contributed by atoms with Crippen LogP contribution in [0.15, 0.2) is 76.5 Å². The Morgan fingerprint density at radius 1 is 1.10 bits per heavy atom. The zero-order valence-electron chi connectivity index (χ0n) is 21.8. The van der Waals surface area contributed by atoms with E-state index in [1.807, 2.05) is 35.8 Å². The van der Waals surface area contributed by atoms with Gasteiger partial charge in [0.2, 0.25) is 11.7 Å². The fourth-order valence-electron chi connectivity index (χ4n) is 4.49. The lowest BCUT2D eigenvalue weighted by molar-refractivity contribution is -0.384. The molecule has 0 saturated carbocycles. The first-order valence-corrected chi connectivity index (χ1v) is 13.4. The standard InChI is InChI=1S/C27H26N6O6S/c1-18-16-30(13-14-31(18)26(35)19-5-7-21(8-6-19)33(36)37)24(34)17-40-27-29-28-25(23-4-3-15-39-23)32(27)20-9-11-22(38-2)12-10-20/h3-12,15,18H,13-14,16-17H2,1-2H3. The number of nitro benzene ring substituents is 1. The van der Waals surface area contributed by atoms with Crippen molar-refractivity contribution in [1.82, 2.24) is 24.6 Å². The molecule has 0 spiro atoms. The van der Waals surface area contributed by atoms with Gasteiger partial charge in [-0.1, -0.05) is 11.8 Å². The van der Waals surface area contributed by atoms with Crippen LogP contribution in [0.25, 0.3) is 17.3 Å². The van der Waals surface area contributed by atoms with Crippen LogP contribution in [0.2, 0.25) is 0 Å². The summed E-state index contributed by atoms with van der Waals surface area (Å²) in [5.74, 6) is 1.60. The van der Waals surface area contributed by atoms with Crippen molar-refractivity contribution >= 4 is 29.3 Å². The number of benzene rings is 2. The average Bonchev–Trinajstić information content (AvgIpc) is 3.66. The van der Waals surface area contributed by atoms with Crippen molar-refractivity contribution in [3.8, 4) is 23.0 Å². The molecule has 3 heterocycles. The number of aromatic nitrogens is 3. The van der Waals surface area contributed by atoms with Crippen molar-refractivity contribution in [2.75, 3.05) is 32.5 Å². The minimum Gasteiger partial charge on any atom is -0.497 e. The van der Waals surface area contributed by atoms with Gasteiger partial charge in [0.05, 0.1) is 29.7 Å². The highest BCUT2D eigenvalue weighted by Gasteiger charge is 2.31. The molecule has 1 aliphatic heterocycles. The number of furan rings is 1. The Hall–Kier alpha value is -4.65. The van der Waals surface area contributed by atoms with Gasteiger partial charge in [-0.2, -0.15) is 0 Å². The Labute approximate surface area is 233 Å². The van der Waals surface area contributed by atoms with Gasteiger partial charge in [0, 0.05) is 43.4 Å². The first kappa shape index (κ1) is 26.9. The number of amides is 2. The molecule has 1 unspecified atom stereocenters. The molecule has 1 atom stereocenters. The molecule has 2 amide bonds. The minimum absolute atomic E-state index is 0.0726. The number of nitrogens with zero attached hydrogens (tertiary/aromatic N) is 6. The fraction of sp³-hybridized carbons (Fsp3) is 0.259. The van der Waals surface area contributed by atoms with Crippen molar-refractivity contribution < 1.29 is 23.7 Å². The molecule has 5 rings (SSSR count). The molecule has 2 aromatic heterocycles. The number of rotatable bonds is 8. The molecule has 40 heavy (non-hydrogen) atoms. The highest BCUT2D eigenvalue weighted by Crippen LogP contribution is 2.29. The lowest BCUT2D eigenvalue weighted by Crippen LogP contribution is -2.55. The summed E-state index contributed by atoms with van der Waals surface area (Å²) in [5, 5.41) is 20.1. The van der Waals surface area contributed by atoms with E-state index in [-0.39, 0.29) is 29.3 Å². The van der Waals surface area contributed by atoms with Gasteiger partial charge >= 0.3 is 0 Å². The molecule has 1 fully saturated rings. The van der Waals surface area contributed by atoms with Crippen molar-refractivity contribution in [3.05, 3.63) is 82.6 Å². The summed E-state index contributed by atoms with van der Waals surface area (Å²) in [6.45, 7) is 3.00. The molecule has 4 aromatic rings. The molecule has 13 heteroatoms. The average molecular weight is 563 g/mol. The Bertz CT molecular complexity index is 1500. The zero-order valence-corrected chi connectivity index (χ0v) is 22.6. The van der Waals surface area contributed by atoms with Crippen LogP contribution >= 0.6 is 11.8 Å². The van der Waals surface area contributed by atoms with E-state index in [0.717, 1.165) is 5.69 Å². The number of methoxy groups -OCH3 is 1. The van der Waals surface area contributed by atoms with E-state index in [1.54, 1.807) is 35.3 Å². The summed E-state index contributed by atoms with van der Waals surface area (Å²) >= 11 is 1.27. The SMILES string of the molecule is COc1ccc(-n2c(SCC(=O)N3CCN(C(=O)c4ccc([N+](=O)[O-])cc4)C(C)C3)nnc2-c2ccco2)cc1. The molecule has 0 aliphatic carbocycles. The van der Waals surface area contributed by atoms with Crippen molar-refractivity contribution in [1.29, 1.82) is 0 Å². The molecule has 0 bridgehead atoms. The number of ether oxygens (including phenoxy) is 1. The maximum atomic E-state index is 13.2. The van der Waals surface area contributed by atoms with Crippen LogP contribution in [-0.4, -0.2) is 79.8 Å². The number of piperazine rings is 1. The third kappa shape index (κ3) is 5.54. The normalized spacial score (nSPS) is 15.2. The van der Waals surface area contributed by atoms with E-state index in [1.165, 1.54) is 36.0 Å². The monoisotopic (exact) mass is 562 g/mol. The predicted octanol–water partition coefficient (Wildman–Crippen LogP) is 3.91. The largest absolute Gasteiger partial charge is 0.497 e. The van der Waals surface area contributed by atoms with Crippen molar-refractivity contribution in [2.45, 2.75) is 18.1 Å². The lowest BCUT2D eigenvalue weighted by atomic mass is 10.1. The molecular weight excluding hydrogens is 536 g/mol. The second-order valence-corrected chi connectivity index (χ2v) is 10.0. The van der Waals surface area contributed by atoms with Gasteiger partial charge in [0.25, 0.3) is 11.6 Å². The van der Waals surface area contributed by atoms with E-state index in [9.17, 15) is 19.7 Å². The van der Waals surface area contributed by atoms with Gasteiger partial charge in [0.1, 0.15) is 5.75 Å². The molecule has 206 valence electrons. The summed E-state index contributed by atoms with van der Waals surface area (Å²) in [6.07, 6.45) is 1.56. The number of carbonyl (C=O) groups excluding carboxylic acids is 2. The summed E-state index contributed by atoms with van der Waals surface area (Å²) in [6, 6.07) is 16.3. The van der Waals surface area contributed by atoms with Crippen LogP contribution in [-0.2, 0) is 4.79 Å². The third-order valence-corrected chi connectivity index (χ3v) is 7.51. The van der Waals surface area contributed by atoms with E-state index < -0.39 is 4.92 Å². The smallest absolute Gasteiger partial charge is 0.269 e. The molecule has 12 nitrogen and oxygen atoms in total. The molecular formula is C27H26N6O6S. The van der Waals surface area contributed by atoms with E-state index in [2.05, 4.69) is 10.2 Å². The summed E-state index contributed by atoms with van der Waals surface area (Å²) in [5.41, 5.74) is 1.09. The van der Waals surface area contributed by atoms with Gasteiger partial charge in [-0.25, -0.2) is 0 Å². The van der Waals surface area contributed by atoms with Crippen molar-refractivity contribution in [3.63, 3.8) is 0 Å². The zero-order chi connectivity index (χ0) is 28.2. The van der Waals surface area contributed by atoms with E-state index >= 15 is 0 Å². The molecule has 0 radical (unpaired) electrons. The first-order chi connectivity index (χ1) is 19.4. The number of nitro groups is 1. The summed E-state index contributed by atoms with van der Waals surface area (Å²) in [4.78, 5) is 40.0. The Morgan fingerprint density at radius 3 is 2.48 bits per heavy atom. The Kier molecular flexibility index (Phi) is 7.82. The number of hydrogen-bond donors (Lipinski definition) is 0. The fourth-order valence-corrected chi connectivity index (χ4v) is 5.34. The number of hydrogen-bond acceptors (Lipinski definition) is 9. The van der Waals surface area contributed by atoms with Crippen LogP contribution in [0.3, 0.4) is 0 Å². The van der Waals surface area contributed by atoms with Gasteiger partial charge < -0.3 is 19.0 Å². The highest BCUT2D eigenvalue weighted by atomic mass is 32.2. The second kappa shape index (κ2) is 11.6. The van der Waals surface area contributed by atoms with Crippen LogP contribution in [0.4, 0.5) is 5.69 Å². The van der Waals surface area contributed by atoms with Crippen LogP contribution in [0, 0.1) is 10.1 Å². The molecule has 1 saturated heterocycles. The number of carbonyl (C=O) groups is 2. The predicted molar refractivity (Wildman–Crippen MR) is 147 cm³/mol. The van der Waals surface area contributed by atoms with Crippen molar-refractivity contribution in [2.24, 2.45) is 0 Å². The number of non-ortho nitro benzene ring substituents is 1. The molecule has 2 aromatic carbocycles. The third-order valence-electron chi connectivity index (χ3n) is 6.60.